The summed E-state index contributed by atoms with van der Waals surface area (Å²) in [6.45, 7) is 16.3. The molecule has 0 spiro atoms. The van der Waals surface area contributed by atoms with Gasteiger partial charge in [-0.3, -0.25) is 15.0 Å². The molecular formula is C70H71BrF2N14O6. The summed E-state index contributed by atoms with van der Waals surface area (Å²) < 4.78 is 57.7. The molecule has 12 rings (SSSR count). The summed E-state index contributed by atoms with van der Waals surface area (Å²) in [6, 6.07) is 48.4. The molecule has 0 saturated carbocycles. The Balaban J connectivity index is 0.000000232. The molecule has 478 valence electrons. The van der Waals surface area contributed by atoms with Gasteiger partial charge >= 0.3 is 6.09 Å². The van der Waals surface area contributed by atoms with E-state index in [1.54, 1.807) is 43.6 Å². The topological polar surface area (TPSA) is 245 Å². The lowest BCUT2D eigenvalue weighted by atomic mass is 10.00. The molecule has 23 heteroatoms. The van der Waals surface area contributed by atoms with Crippen molar-refractivity contribution in [1.29, 1.82) is 0 Å². The number of nitrogens with zero attached hydrogens (tertiary/aromatic N) is 13. The Bertz CT molecular complexity index is 4580. The number of benzene rings is 6. The number of ether oxygens (including phenoxy) is 2. The Hall–Kier alpha value is -11.1. The molecule has 0 atom stereocenters. The molecule has 6 aromatic carbocycles. The summed E-state index contributed by atoms with van der Waals surface area (Å²) >= 11 is 3.55. The van der Waals surface area contributed by atoms with E-state index in [0.29, 0.717) is 74.4 Å². The summed E-state index contributed by atoms with van der Waals surface area (Å²) in [5, 5.41) is 27.6. The quantitative estimate of drug-likeness (QED) is 0.0883. The van der Waals surface area contributed by atoms with Gasteiger partial charge in [0.25, 0.3) is 29.5 Å². The van der Waals surface area contributed by atoms with E-state index in [9.17, 15) is 13.6 Å². The molecule has 93 heavy (non-hydrogen) atoms. The Morgan fingerprint density at radius 3 is 1.48 bits per heavy atom. The highest BCUT2D eigenvalue weighted by atomic mass is 79.9. The average Bonchev–Trinajstić information content (AvgIpc) is 1.75. The number of alkyl halides is 2. The molecular weight excluding hydrogens is 1250 g/mol. The van der Waals surface area contributed by atoms with Gasteiger partial charge in [0, 0.05) is 70.3 Å². The summed E-state index contributed by atoms with van der Waals surface area (Å²) in [4.78, 5) is 41.1. The maximum Gasteiger partial charge on any atom is 0.407 e. The number of hydrogen-bond acceptors (Lipinski definition) is 19. The third-order valence-corrected chi connectivity index (χ3v) is 14.5. The van der Waals surface area contributed by atoms with Crippen LogP contribution in [0, 0.1) is 20.8 Å². The van der Waals surface area contributed by atoms with E-state index in [1.807, 2.05) is 181 Å². The molecule has 0 fully saturated rings. The highest BCUT2D eigenvalue weighted by molar-refractivity contribution is 9.10. The van der Waals surface area contributed by atoms with Crippen molar-refractivity contribution in [2.45, 2.75) is 60.0 Å². The SMILES string of the molecule is C=C(c1ccc(-c2cnc(C)c(-c3nnc(-c4ccccc4OCCNC(=O)OC(C)(C)C)o3)n2)cc1)N(C)C.Cc1ncc(-c2ccccc2Br)nc1-c1nnc(-c2ccccc2)o1.Cc1ncc(-c2ccccc2C(C)(F)F)nc1-c1nnc(-c2ccccc2)o1.[HH].[HH].[HH].[HH]. The van der Waals surface area contributed by atoms with Gasteiger partial charge in [-0.1, -0.05) is 138 Å². The van der Waals surface area contributed by atoms with Gasteiger partial charge in [-0.15, -0.1) is 30.6 Å². The minimum atomic E-state index is -3.01. The number of halogens is 3. The first-order chi connectivity index (χ1) is 44.7. The highest BCUT2D eigenvalue weighted by Crippen LogP contribution is 2.37. The molecule has 20 nitrogen and oxygen atoms in total. The number of hydrogen-bond donors (Lipinski definition) is 1. The van der Waals surface area contributed by atoms with Crippen molar-refractivity contribution in [2.24, 2.45) is 0 Å². The summed E-state index contributed by atoms with van der Waals surface area (Å²) in [7, 11) is 3.92. The smallest absolute Gasteiger partial charge is 0.407 e. The number of aromatic nitrogens is 12. The van der Waals surface area contributed by atoms with Crippen molar-refractivity contribution in [3.63, 3.8) is 0 Å². The standard InChI is InChI=1S/C30H34N6O4.C21H16F2N4O.C19H13BrN4O.4H2/c1-19-26(33-24(18-32-19)22-14-12-21(13-15-22)20(2)36(6)7)28-35-34-27(39-28)23-10-8-9-11-25(23)38-17-16-31-29(37)40-30(3,4)5;1-13-18(20-27-26-19(28-20)14-8-4-3-5-9-14)25-17(12-24-13)15-10-6-7-11-16(15)21(2,22)23;1-12-17(19-24-23-18(25-19)13-7-3-2-4-8-13)22-16(11-21-12)14-9-5-6-10-15(14)20;;;;/h8-15,18H,2,16-17H2,1,3-7H3,(H,31,37);3-12H,1-2H3;2-11H,1H3;4*1H. The molecule has 6 heterocycles. The Morgan fingerprint density at radius 1 is 0.538 bits per heavy atom. The van der Waals surface area contributed by atoms with Gasteiger partial charge in [0.15, 0.2) is 0 Å². The number of carbonyl (C=O) groups excluding carboxylic acids is 1. The van der Waals surface area contributed by atoms with Crippen molar-refractivity contribution < 1.29 is 42.0 Å². The zero-order chi connectivity index (χ0) is 65.8. The van der Waals surface area contributed by atoms with Crippen LogP contribution in [0.1, 0.15) is 61.6 Å². The van der Waals surface area contributed by atoms with Crippen LogP contribution in [0.2, 0.25) is 0 Å². The van der Waals surface area contributed by atoms with Gasteiger partial charge in [-0.2, -0.15) is 0 Å². The number of rotatable bonds is 16. The number of para-hydroxylation sites is 1. The molecule has 1 amide bonds. The molecule has 6 aromatic heterocycles. The van der Waals surface area contributed by atoms with Crippen molar-refractivity contribution in [2.75, 3.05) is 27.2 Å². The highest BCUT2D eigenvalue weighted by Gasteiger charge is 2.29. The first-order valence-corrected chi connectivity index (χ1v) is 30.0. The van der Waals surface area contributed by atoms with E-state index in [2.05, 4.69) is 78.4 Å². The fourth-order valence-corrected chi connectivity index (χ4v) is 9.55. The van der Waals surface area contributed by atoms with E-state index in [0.717, 1.165) is 56.3 Å². The van der Waals surface area contributed by atoms with E-state index in [1.165, 1.54) is 12.3 Å². The second-order valence-corrected chi connectivity index (χ2v) is 23.0. The van der Waals surface area contributed by atoms with Crippen molar-refractivity contribution in [3.8, 4) is 109 Å². The van der Waals surface area contributed by atoms with Crippen LogP contribution < -0.4 is 10.1 Å². The lowest BCUT2D eigenvalue weighted by molar-refractivity contribution is 0.0180. The molecule has 1 N–H and O–H groups in total. The predicted molar refractivity (Wildman–Crippen MR) is 361 cm³/mol. The zero-order valence-electron chi connectivity index (χ0n) is 52.3. The molecule has 0 saturated heterocycles. The van der Waals surface area contributed by atoms with Crippen LogP contribution in [0.5, 0.6) is 5.75 Å². The van der Waals surface area contributed by atoms with Gasteiger partial charge in [-0.25, -0.2) is 28.5 Å². The Kier molecular flexibility index (Phi) is 20.1. The van der Waals surface area contributed by atoms with E-state index in [4.69, 9.17) is 32.7 Å². The number of carbonyl (C=O) groups is 1. The fourth-order valence-electron chi connectivity index (χ4n) is 9.06. The zero-order valence-corrected chi connectivity index (χ0v) is 53.8. The van der Waals surface area contributed by atoms with Crippen LogP contribution >= 0.6 is 15.9 Å². The van der Waals surface area contributed by atoms with E-state index in [-0.39, 0.29) is 42.1 Å². The summed E-state index contributed by atoms with van der Waals surface area (Å²) in [6.07, 6.45) is 4.44. The molecule has 0 bridgehead atoms. The van der Waals surface area contributed by atoms with Gasteiger partial charge in [0.2, 0.25) is 11.8 Å². The minimum absolute atomic E-state index is 0. The number of aryl methyl sites for hydroxylation is 3. The van der Waals surface area contributed by atoms with Crippen LogP contribution in [-0.4, -0.2) is 104 Å². The largest absolute Gasteiger partial charge is 0.491 e. The monoisotopic (exact) mass is 1320 g/mol. The van der Waals surface area contributed by atoms with Gasteiger partial charge in [0.1, 0.15) is 35.0 Å². The second kappa shape index (κ2) is 28.8. The molecule has 0 aliphatic rings. The first-order valence-electron chi connectivity index (χ1n) is 29.2. The van der Waals surface area contributed by atoms with Gasteiger partial charge in [-0.05, 0) is 89.6 Å². The minimum Gasteiger partial charge on any atom is -0.491 e. The third kappa shape index (κ3) is 16.3. The normalized spacial score (nSPS) is 11.2. The number of nitrogens with one attached hydrogen (secondary N) is 1. The van der Waals surface area contributed by atoms with E-state index < -0.39 is 17.6 Å². The molecule has 0 radical (unpaired) electrons. The maximum atomic E-state index is 14.0. The van der Waals surface area contributed by atoms with Crippen molar-refractivity contribution in [1.82, 2.24) is 70.7 Å². The number of amides is 1. The lowest BCUT2D eigenvalue weighted by Gasteiger charge is -2.19. The molecule has 0 aliphatic heterocycles. The molecule has 0 unspecified atom stereocenters. The first kappa shape index (κ1) is 64.9. The second-order valence-electron chi connectivity index (χ2n) is 22.1. The Labute approximate surface area is 549 Å². The Morgan fingerprint density at radius 2 is 0.968 bits per heavy atom. The van der Waals surface area contributed by atoms with E-state index >= 15 is 0 Å². The maximum absolute atomic E-state index is 14.0. The predicted octanol–water partition coefficient (Wildman–Crippen LogP) is 16.8. The van der Waals surface area contributed by atoms with Crippen molar-refractivity contribution >= 4 is 27.7 Å². The summed E-state index contributed by atoms with van der Waals surface area (Å²) in [5.74, 6) is -0.576. The molecule has 0 aliphatic carbocycles. The summed E-state index contributed by atoms with van der Waals surface area (Å²) in [5.41, 5.74) is 10.9. The third-order valence-electron chi connectivity index (χ3n) is 13.8. The van der Waals surface area contributed by atoms with Crippen LogP contribution in [0.4, 0.5) is 13.6 Å². The fraction of sp³-hybridized carbons (Fsp3) is 0.186. The average molecular weight is 1320 g/mol. The van der Waals surface area contributed by atoms with Crippen molar-refractivity contribution in [3.05, 3.63) is 216 Å². The van der Waals surface area contributed by atoms with Crippen LogP contribution in [-0.2, 0) is 10.7 Å². The van der Waals surface area contributed by atoms with Crippen LogP contribution in [0.25, 0.3) is 109 Å². The molecule has 12 aromatic rings. The van der Waals surface area contributed by atoms with Gasteiger partial charge < -0.3 is 32.9 Å². The van der Waals surface area contributed by atoms with Gasteiger partial charge in [0.05, 0.1) is 64.9 Å². The van der Waals surface area contributed by atoms with Crippen LogP contribution in [0.3, 0.4) is 0 Å². The lowest BCUT2D eigenvalue weighted by Crippen LogP contribution is -2.34. The van der Waals surface area contributed by atoms with Crippen LogP contribution in [0.15, 0.2) is 201 Å². The number of alkyl carbamates (subject to hydrolysis) is 1.